The monoisotopic (exact) mass is 294 g/mol. The third-order valence-corrected chi connectivity index (χ3v) is 6.23. The standard InChI is InChI=1S/C10H16Br2/c1-9(2)5-6-10(3,4)8(12)7(9)11/h5-6H2,1-4H3. The molecule has 0 unspecified atom stereocenters. The van der Waals surface area contributed by atoms with E-state index in [9.17, 15) is 0 Å². The topological polar surface area (TPSA) is 0 Å². The minimum absolute atomic E-state index is 0.314. The number of hydrogen-bond acceptors (Lipinski definition) is 0. The van der Waals surface area contributed by atoms with Gasteiger partial charge in [0.05, 0.1) is 0 Å². The molecule has 0 aromatic carbocycles. The summed E-state index contributed by atoms with van der Waals surface area (Å²) in [6, 6.07) is 0. The molecule has 0 atom stereocenters. The highest BCUT2D eigenvalue weighted by Crippen LogP contribution is 2.52. The first-order valence-corrected chi connectivity index (χ1v) is 5.92. The molecule has 0 heterocycles. The molecule has 1 aliphatic rings. The van der Waals surface area contributed by atoms with Gasteiger partial charge in [-0.25, -0.2) is 0 Å². The third kappa shape index (κ3) is 1.79. The van der Waals surface area contributed by atoms with Crippen molar-refractivity contribution in [1.29, 1.82) is 0 Å². The molecule has 0 N–H and O–H groups in total. The molecule has 1 aliphatic carbocycles. The van der Waals surface area contributed by atoms with Crippen molar-refractivity contribution in [3.63, 3.8) is 0 Å². The van der Waals surface area contributed by atoms with Crippen molar-refractivity contribution in [3.8, 4) is 0 Å². The van der Waals surface area contributed by atoms with E-state index in [2.05, 4.69) is 59.6 Å². The van der Waals surface area contributed by atoms with Crippen LogP contribution in [0.2, 0.25) is 0 Å². The molecule has 0 aliphatic heterocycles. The molecular formula is C10H16Br2. The van der Waals surface area contributed by atoms with Crippen LogP contribution in [0.5, 0.6) is 0 Å². The van der Waals surface area contributed by atoms with Gasteiger partial charge in [-0.3, -0.25) is 0 Å². The molecule has 0 spiro atoms. The molecule has 0 aromatic rings. The zero-order valence-corrected chi connectivity index (χ0v) is 11.3. The van der Waals surface area contributed by atoms with Crippen LogP contribution in [0.3, 0.4) is 0 Å². The predicted molar refractivity (Wildman–Crippen MR) is 61.7 cm³/mol. The van der Waals surface area contributed by atoms with Crippen LogP contribution >= 0.6 is 31.9 Å². The van der Waals surface area contributed by atoms with Gasteiger partial charge in [0.15, 0.2) is 0 Å². The van der Waals surface area contributed by atoms with Crippen molar-refractivity contribution < 1.29 is 0 Å². The van der Waals surface area contributed by atoms with Gasteiger partial charge in [0.2, 0.25) is 0 Å². The zero-order chi connectivity index (χ0) is 9.57. The maximum Gasteiger partial charge on any atom is 0.0114 e. The fourth-order valence-corrected chi connectivity index (χ4v) is 2.91. The molecular weight excluding hydrogens is 280 g/mol. The lowest BCUT2D eigenvalue weighted by atomic mass is 9.72. The molecule has 0 amide bonds. The average molecular weight is 296 g/mol. The van der Waals surface area contributed by atoms with E-state index in [0.717, 1.165) is 0 Å². The molecule has 0 fully saturated rings. The summed E-state index contributed by atoms with van der Waals surface area (Å²) in [5.41, 5.74) is 0.628. The summed E-state index contributed by atoms with van der Waals surface area (Å²) in [6.45, 7) is 9.14. The maximum absolute atomic E-state index is 3.68. The first kappa shape index (κ1) is 10.8. The third-order valence-electron chi connectivity index (χ3n) is 2.76. The van der Waals surface area contributed by atoms with E-state index in [4.69, 9.17) is 0 Å². The Balaban J connectivity index is 3.10. The lowest BCUT2D eigenvalue weighted by Crippen LogP contribution is -2.26. The number of rotatable bonds is 0. The van der Waals surface area contributed by atoms with E-state index in [1.807, 2.05) is 0 Å². The van der Waals surface area contributed by atoms with Gasteiger partial charge in [-0.15, -0.1) is 0 Å². The second kappa shape index (κ2) is 3.13. The Morgan fingerprint density at radius 3 is 1.33 bits per heavy atom. The fourth-order valence-electron chi connectivity index (χ4n) is 1.44. The summed E-state index contributed by atoms with van der Waals surface area (Å²) >= 11 is 7.37. The highest BCUT2D eigenvalue weighted by atomic mass is 79.9. The smallest absolute Gasteiger partial charge is 0.0114 e. The Morgan fingerprint density at radius 2 is 1.08 bits per heavy atom. The first-order chi connectivity index (χ1) is 5.27. The highest BCUT2D eigenvalue weighted by Gasteiger charge is 2.36. The summed E-state index contributed by atoms with van der Waals surface area (Å²) < 4.78 is 2.68. The molecule has 0 nitrogen and oxygen atoms in total. The van der Waals surface area contributed by atoms with Gasteiger partial charge in [-0.05, 0) is 23.7 Å². The Hall–Kier alpha value is 0.700. The second-order valence-corrected chi connectivity index (χ2v) is 6.48. The molecule has 2 heteroatoms. The summed E-state index contributed by atoms with van der Waals surface area (Å²) in [5.74, 6) is 0. The quantitative estimate of drug-likeness (QED) is 0.600. The van der Waals surface area contributed by atoms with Crippen LogP contribution in [0, 0.1) is 10.8 Å². The van der Waals surface area contributed by atoms with Crippen LogP contribution < -0.4 is 0 Å². The Bertz CT molecular complexity index is 200. The normalized spacial score (nSPS) is 27.5. The lowest BCUT2D eigenvalue weighted by molar-refractivity contribution is 0.290. The predicted octanol–water partition coefficient (Wildman–Crippen LogP) is 4.83. The summed E-state index contributed by atoms with van der Waals surface area (Å²) in [6.07, 6.45) is 2.52. The highest BCUT2D eigenvalue weighted by molar-refractivity contribution is 9.14. The van der Waals surface area contributed by atoms with Crippen molar-refractivity contribution >= 4 is 31.9 Å². The van der Waals surface area contributed by atoms with E-state index in [1.54, 1.807) is 0 Å². The summed E-state index contributed by atoms with van der Waals surface area (Å²) in [7, 11) is 0. The lowest BCUT2D eigenvalue weighted by Gasteiger charge is -2.39. The van der Waals surface area contributed by atoms with Crippen molar-refractivity contribution in [1.82, 2.24) is 0 Å². The van der Waals surface area contributed by atoms with Gasteiger partial charge in [-0.1, -0.05) is 59.6 Å². The van der Waals surface area contributed by atoms with E-state index in [0.29, 0.717) is 10.8 Å². The maximum atomic E-state index is 3.68. The van der Waals surface area contributed by atoms with Gasteiger partial charge in [0, 0.05) is 8.96 Å². The van der Waals surface area contributed by atoms with Crippen molar-refractivity contribution in [2.75, 3.05) is 0 Å². The number of halogens is 2. The van der Waals surface area contributed by atoms with E-state index in [-0.39, 0.29) is 0 Å². The van der Waals surface area contributed by atoms with Crippen molar-refractivity contribution in [3.05, 3.63) is 8.96 Å². The van der Waals surface area contributed by atoms with E-state index in [1.165, 1.54) is 21.8 Å². The fraction of sp³-hybridized carbons (Fsp3) is 0.800. The van der Waals surface area contributed by atoms with Gasteiger partial charge >= 0.3 is 0 Å². The van der Waals surface area contributed by atoms with E-state index >= 15 is 0 Å². The van der Waals surface area contributed by atoms with Crippen LogP contribution in [-0.4, -0.2) is 0 Å². The second-order valence-electron chi connectivity index (χ2n) is 4.90. The largest absolute Gasteiger partial charge is 0.0553 e. The van der Waals surface area contributed by atoms with Gasteiger partial charge in [0.1, 0.15) is 0 Å². The summed E-state index contributed by atoms with van der Waals surface area (Å²) in [5, 5.41) is 0. The molecule has 12 heavy (non-hydrogen) atoms. The van der Waals surface area contributed by atoms with E-state index < -0.39 is 0 Å². The molecule has 0 bridgehead atoms. The minimum atomic E-state index is 0.314. The Kier molecular flexibility index (Phi) is 2.81. The average Bonchev–Trinajstić information content (AvgIpc) is 1.96. The van der Waals surface area contributed by atoms with Crippen LogP contribution in [0.1, 0.15) is 40.5 Å². The Morgan fingerprint density at radius 1 is 0.833 bits per heavy atom. The Labute approximate surface area is 92.1 Å². The van der Waals surface area contributed by atoms with Crippen LogP contribution in [0.4, 0.5) is 0 Å². The number of hydrogen-bond donors (Lipinski definition) is 0. The summed E-state index contributed by atoms with van der Waals surface area (Å²) in [4.78, 5) is 0. The minimum Gasteiger partial charge on any atom is -0.0553 e. The molecule has 70 valence electrons. The van der Waals surface area contributed by atoms with Crippen molar-refractivity contribution in [2.45, 2.75) is 40.5 Å². The number of allylic oxidation sites excluding steroid dienone is 2. The van der Waals surface area contributed by atoms with Crippen LogP contribution in [0.25, 0.3) is 0 Å². The molecule has 1 rings (SSSR count). The molecule has 0 aromatic heterocycles. The van der Waals surface area contributed by atoms with Gasteiger partial charge in [-0.2, -0.15) is 0 Å². The van der Waals surface area contributed by atoms with Crippen LogP contribution in [-0.2, 0) is 0 Å². The van der Waals surface area contributed by atoms with Gasteiger partial charge < -0.3 is 0 Å². The van der Waals surface area contributed by atoms with Gasteiger partial charge in [0.25, 0.3) is 0 Å². The molecule has 0 radical (unpaired) electrons. The van der Waals surface area contributed by atoms with Crippen molar-refractivity contribution in [2.24, 2.45) is 10.8 Å². The first-order valence-electron chi connectivity index (χ1n) is 4.34. The van der Waals surface area contributed by atoms with Crippen LogP contribution in [0.15, 0.2) is 8.96 Å². The molecule has 0 saturated carbocycles. The zero-order valence-electron chi connectivity index (χ0n) is 8.17. The SMILES string of the molecule is CC1(C)CCC(C)(C)C(Br)=C1Br. The molecule has 0 saturated heterocycles.